The van der Waals surface area contributed by atoms with Gasteiger partial charge in [-0.2, -0.15) is 0 Å². The lowest BCUT2D eigenvalue weighted by Gasteiger charge is -2.24. The molecule has 0 amide bonds. The van der Waals surface area contributed by atoms with Crippen molar-refractivity contribution < 1.29 is 0 Å². The fourth-order valence-corrected chi connectivity index (χ4v) is 4.88. The van der Waals surface area contributed by atoms with E-state index in [2.05, 4.69) is 83.3 Å². The van der Waals surface area contributed by atoms with E-state index < -0.39 is 0 Å². The molecule has 2 unspecified atom stereocenters. The number of thioether (sulfide) groups is 1. The average molecular weight is 410 g/mol. The monoisotopic (exact) mass is 409 g/mol. The van der Waals surface area contributed by atoms with Crippen LogP contribution in [0, 0.1) is 0 Å². The first-order chi connectivity index (χ1) is 13.8. The number of rotatable bonds is 1. The molecule has 0 bridgehead atoms. The van der Waals surface area contributed by atoms with E-state index in [1.165, 1.54) is 46.2 Å². The highest BCUT2D eigenvalue weighted by atomic mass is 32.2. The third-order valence-corrected chi connectivity index (χ3v) is 7.40. The topological polar surface area (TPSA) is 26.0 Å². The molecule has 2 N–H and O–H groups in total. The molecule has 4 rings (SSSR count). The van der Waals surface area contributed by atoms with Gasteiger partial charge in [-0.3, -0.25) is 0 Å². The Morgan fingerprint density at radius 2 is 1.52 bits per heavy atom. The molecule has 0 saturated carbocycles. The average Bonchev–Trinajstić information content (AvgIpc) is 2.92. The summed E-state index contributed by atoms with van der Waals surface area (Å²) < 4.78 is 0. The molecule has 158 valence electrons. The number of unbranched alkanes of at least 4 members (excludes halogenated alkanes) is 1. The smallest absolute Gasteiger partial charge is 0.0454 e. The molecule has 1 aliphatic carbocycles. The van der Waals surface area contributed by atoms with E-state index in [1.54, 1.807) is 0 Å². The molecule has 2 aromatic carbocycles. The van der Waals surface area contributed by atoms with E-state index in [4.69, 9.17) is 5.73 Å². The molecule has 2 aromatic rings. The van der Waals surface area contributed by atoms with Gasteiger partial charge < -0.3 is 5.73 Å². The minimum absolute atomic E-state index is 0.0372. The molecular weight excluding hydrogens is 370 g/mol. The van der Waals surface area contributed by atoms with Crippen molar-refractivity contribution in [3.63, 3.8) is 0 Å². The largest absolute Gasteiger partial charge is 0.398 e. The van der Waals surface area contributed by atoms with Crippen LogP contribution in [0.25, 0.3) is 16.8 Å². The summed E-state index contributed by atoms with van der Waals surface area (Å²) in [5, 5.41) is 2.67. The molecule has 2 heteroatoms. The summed E-state index contributed by atoms with van der Waals surface area (Å²) in [6, 6.07) is 13.6. The lowest BCUT2D eigenvalue weighted by molar-refractivity contribution is 0.659. The Morgan fingerprint density at radius 3 is 2.14 bits per heavy atom. The van der Waals surface area contributed by atoms with Gasteiger partial charge in [-0.1, -0.05) is 92.5 Å². The molecule has 0 aromatic heterocycles. The molecule has 1 aliphatic heterocycles. The van der Waals surface area contributed by atoms with E-state index in [0.717, 1.165) is 5.70 Å². The maximum atomic E-state index is 6.40. The third-order valence-electron chi connectivity index (χ3n) is 6.17. The van der Waals surface area contributed by atoms with Crippen LogP contribution in [0.1, 0.15) is 96.4 Å². The fraction of sp³-hybridized carbons (Fsp3) is 0.481. The Labute approximate surface area is 183 Å². The van der Waals surface area contributed by atoms with Gasteiger partial charge in [-0.15, -0.1) is 11.8 Å². The number of nitrogens with two attached hydrogens (primary N) is 1. The third kappa shape index (κ3) is 4.43. The first kappa shape index (κ1) is 23.6. The Hall–Kier alpha value is -1.67. The van der Waals surface area contributed by atoms with Crippen LogP contribution in [0.3, 0.4) is 0 Å². The van der Waals surface area contributed by atoms with Gasteiger partial charge in [0.25, 0.3) is 0 Å². The minimum atomic E-state index is 0.0372. The standard InChI is InChI=1S/C21H23NS.C4H10.C2H6/c1-12-13(2)23-11-20(22)17-10-19-16(9-15(12)17)14-7-5-6-8-18(14)21(19,3)4;1-3-4-2;1-2/h5-13H,22H2,1-4H3;3-4H2,1-2H3;1-2H3. The molecule has 1 heterocycles. The maximum Gasteiger partial charge on any atom is 0.0454 e. The van der Waals surface area contributed by atoms with E-state index in [1.807, 2.05) is 25.6 Å². The highest BCUT2D eigenvalue weighted by Gasteiger charge is 2.37. The molecule has 1 nitrogen and oxygen atoms in total. The summed E-state index contributed by atoms with van der Waals surface area (Å²) in [7, 11) is 0. The van der Waals surface area contributed by atoms with Crippen molar-refractivity contribution in [3.8, 4) is 11.1 Å². The van der Waals surface area contributed by atoms with Gasteiger partial charge in [0.2, 0.25) is 0 Å². The zero-order chi connectivity index (χ0) is 21.8. The van der Waals surface area contributed by atoms with Crippen molar-refractivity contribution in [1.29, 1.82) is 0 Å². The fourth-order valence-electron chi connectivity index (χ4n) is 4.01. The van der Waals surface area contributed by atoms with Gasteiger partial charge in [0.05, 0.1) is 0 Å². The molecule has 0 spiro atoms. The second-order valence-corrected chi connectivity index (χ2v) is 9.61. The lowest BCUT2D eigenvalue weighted by atomic mass is 9.80. The quantitative estimate of drug-likeness (QED) is 0.512. The summed E-state index contributed by atoms with van der Waals surface area (Å²) in [6.07, 6.45) is 2.64. The van der Waals surface area contributed by atoms with Gasteiger partial charge in [0.15, 0.2) is 0 Å². The van der Waals surface area contributed by atoms with Crippen LogP contribution in [0.4, 0.5) is 0 Å². The van der Waals surface area contributed by atoms with Crippen LogP contribution in [0.5, 0.6) is 0 Å². The second-order valence-electron chi connectivity index (χ2n) is 8.36. The number of hydrogen-bond donors (Lipinski definition) is 1. The zero-order valence-electron chi connectivity index (χ0n) is 19.6. The van der Waals surface area contributed by atoms with Gasteiger partial charge in [0.1, 0.15) is 0 Å². The van der Waals surface area contributed by atoms with Crippen LogP contribution < -0.4 is 5.73 Å². The van der Waals surface area contributed by atoms with Crippen molar-refractivity contribution in [2.75, 3.05) is 0 Å². The highest BCUT2D eigenvalue weighted by molar-refractivity contribution is 8.02. The Bertz CT molecular complexity index is 861. The summed E-state index contributed by atoms with van der Waals surface area (Å²) in [4.78, 5) is 0. The van der Waals surface area contributed by atoms with Crippen LogP contribution >= 0.6 is 11.8 Å². The summed E-state index contributed by atoms with van der Waals surface area (Å²) in [5.74, 6) is 0.494. The molecule has 2 aliphatic rings. The first-order valence-corrected chi connectivity index (χ1v) is 12.2. The van der Waals surface area contributed by atoms with Crippen molar-refractivity contribution >= 4 is 17.5 Å². The van der Waals surface area contributed by atoms with Gasteiger partial charge >= 0.3 is 0 Å². The molecule has 0 radical (unpaired) electrons. The SMILES string of the molecule is CC.CC1SC=C(N)c2cc3c(cc2C1C)-c1ccccc1C3(C)C.CCCC. The Morgan fingerprint density at radius 1 is 0.897 bits per heavy atom. The van der Waals surface area contributed by atoms with Crippen molar-refractivity contribution in [2.24, 2.45) is 5.73 Å². The molecule has 2 atom stereocenters. The predicted molar refractivity (Wildman–Crippen MR) is 134 cm³/mol. The maximum absolute atomic E-state index is 6.40. The van der Waals surface area contributed by atoms with Gasteiger partial charge in [-0.25, -0.2) is 0 Å². The van der Waals surface area contributed by atoms with Crippen molar-refractivity contribution in [2.45, 2.75) is 84.8 Å². The van der Waals surface area contributed by atoms with E-state index in [9.17, 15) is 0 Å². The van der Waals surface area contributed by atoms with Crippen LogP contribution in [-0.4, -0.2) is 5.25 Å². The number of hydrogen-bond acceptors (Lipinski definition) is 2. The summed E-state index contributed by atoms with van der Waals surface area (Å²) in [6.45, 7) is 17.6. The highest BCUT2D eigenvalue weighted by Crippen LogP contribution is 2.51. The summed E-state index contributed by atoms with van der Waals surface area (Å²) >= 11 is 1.85. The predicted octanol–water partition coefficient (Wildman–Crippen LogP) is 8.32. The lowest BCUT2D eigenvalue weighted by Crippen LogP contribution is -2.16. The first-order valence-electron chi connectivity index (χ1n) is 11.2. The minimum Gasteiger partial charge on any atom is -0.398 e. The Kier molecular flexibility index (Phi) is 8.05. The van der Waals surface area contributed by atoms with Crippen LogP contribution in [0.2, 0.25) is 0 Å². The summed E-state index contributed by atoms with van der Waals surface area (Å²) in [5.41, 5.74) is 15.6. The van der Waals surface area contributed by atoms with Crippen LogP contribution in [-0.2, 0) is 5.41 Å². The zero-order valence-corrected chi connectivity index (χ0v) is 20.4. The van der Waals surface area contributed by atoms with Crippen LogP contribution in [0.15, 0.2) is 41.8 Å². The normalized spacial score (nSPS) is 20.5. The van der Waals surface area contributed by atoms with E-state index >= 15 is 0 Å². The van der Waals surface area contributed by atoms with E-state index in [0.29, 0.717) is 11.2 Å². The van der Waals surface area contributed by atoms with Crippen molar-refractivity contribution in [1.82, 2.24) is 0 Å². The molecule has 29 heavy (non-hydrogen) atoms. The molecule has 0 fully saturated rings. The second kappa shape index (κ2) is 9.89. The number of benzene rings is 2. The van der Waals surface area contributed by atoms with Crippen molar-refractivity contribution in [3.05, 3.63) is 64.1 Å². The number of fused-ring (bicyclic) bond motifs is 4. The molecular formula is C27H39NS. The van der Waals surface area contributed by atoms with E-state index in [-0.39, 0.29) is 5.41 Å². The Balaban J connectivity index is 0.000000449. The molecule has 0 saturated heterocycles. The van der Waals surface area contributed by atoms with Gasteiger partial charge in [0, 0.05) is 21.9 Å². The van der Waals surface area contributed by atoms with Gasteiger partial charge in [-0.05, 0) is 51.3 Å².